The van der Waals surface area contributed by atoms with Gasteiger partial charge in [0.25, 0.3) is 0 Å². The molecule has 0 fully saturated rings. The number of nitrogens with one attached hydrogen (secondary N) is 1. The van der Waals surface area contributed by atoms with Crippen LogP contribution in [-0.4, -0.2) is 42.0 Å². The van der Waals surface area contributed by atoms with Crippen LogP contribution in [-0.2, 0) is 11.2 Å². The summed E-state index contributed by atoms with van der Waals surface area (Å²) in [4.78, 5) is 24.3. The maximum Gasteiger partial charge on any atom is 0.340 e. The Morgan fingerprint density at radius 2 is 2.15 bits per heavy atom. The van der Waals surface area contributed by atoms with Gasteiger partial charge < -0.3 is 24.7 Å². The van der Waals surface area contributed by atoms with E-state index < -0.39 is 24.2 Å². The molecule has 27 heavy (non-hydrogen) atoms. The fraction of sp³-hybridized carbons (Fsp3) is 0.368. The number of carbonyl (C=O) groups is 1. The number of halogens is 1. The molecule has 1 heterocycles. The molecular weight excluding hydrogens is 374 g/mol. The van der Waals surface area contributed by atoms with Crippen LogP contribution in [0.5, 0.6) is 5.75 Å². The fourth-order valence-corrected chi connectivity index (χ4v) is 2.64. The minimum atomic E-state index is -1.06. The standard InChI is InChI=1S/C19H22ClNO6/c1-10(2)9-26-17-6-16-13(4-15(17)20)11(3)14(19(25)27-16)5-18(24)21-7-12(23)8-22/h4,6,12,22-23H,1,5,7-9H2,2-3H3,(H,21,24). The summed E-state index contributed by atoms with van der Waals surface area (Å²) in [6.45, 7) is 6.98. The van der Waals surface area contributed by atoms with Crippen LogP contribution >= 0.6 is 11.6 Å². The van der Waals surface area contributed by atoms with Crippen molar-refractivity contribution < 1.29 is 24.2 Å². The van der Waals surface area contributed by atoms with Crippen LogP contribution in [0.25, 0.3) is 11.0 Å². The quantitative estimate of drug-likeness (QED) is 0.464. The van der Waals surface area contributed by atoms with Gasteiger partial charge in [0.05, 0.1) is 29.7 Å². The molecule has 0 aliphatic rings. The van der Waals surface area contributed by atoms with Crippen molar-refractivity contribution in [2.45, 2.75) is 26.4 Å². The Bertz CT molecular complexity index is 921. The van der Waals surface area contributed by atoms with Crippen LogP contribution < -0.4 is 15.7 Å². The molecular formula is C19H22ClNO6. The molecule has 1 aromatic carbocycles. The van der Waals surface area contributed by atoms with Gasteiger partial charge in [0.1, 0.15) is 17.9 Å². The molecule has 0 aliphatic carbocycles. The van der Waals surface area contributed by atoms with Crippen molar-refractivity contribution in [3.63, 3.8) is 0 Å². The predicted molar refractivity (Wildman–Crippen MR) is 102 cm³/mol. The van der Waals surface area contributed by atoms with E-state index in [-0.39, 0.29) is 25.1 Å². The number of aryl methyl sites for hydroxylation is 1. The summed E-state index contributed by atoms with van der Waals surface area (Å²) in [5, 5.41) is 21.4. The van der Waals surface area contributed by atoms with Crippen molar-refractivity contribution in [3.05, 3.63) is 50.9 Å². The summed E-state index contributed by atoms with van der Waals surface area (Å²) in [7, 11) is 0. The van der Waals surface area contributed by atoms with Crippen LogP contribution in [0, 0.1) is 6.92 Å². The van der Waals surface area contributed by atoms with Crippen molar-refractivity contribution >= 4 is 28.5 Å². The van der Waals surface area contributed by atoms with Crippen LogP contribution in [0.4, 0.5) is 0 Å². The van der Waals surface area contributed by atoms with Crippen LogP contribution in [0.3, 0.4) is 0 Å². The second-order valence-electron chi connectivity index (χ2n) is 6.33. The Morgan fingerprint density at radius 3 is 2.78 bits per heavy atom. The highest BCUT2D eigenvalue weighted by Crippen LogP contribution is 2.32. The Balaban J connectivity index is 2.32. The lowest BCUT2D eigenvalue weighted by molar-refractivity contribution is -0.121. The third kappa shape index (κ3) is 5.32. The lowest BCUT2D eigenvalue weighted by Gasteiger charge is -2.12. The SMILES string of the molecule is C=C(C)COc1cc2oc(=O)c(CC(=O)NCC(O)CO)c(C)c2cc1Cl. The molecule has 8 heteroatoms. The summed E-state index contributed by atoms with van der Waals surface area (Å²) in [6, 6.07) is 3.16. The second kappa shape index (κ2) is 9.03. The summed E-state index contributed by atoms with van der Waals surface area (Å²) >= 11 is 6.25. The van der Waals surface area contributed by atoms with E-state index in [1.54, 1.807) is 13.0 Å². The first-order chi connectivity index (χ1) is 12.7. The Labute approximate surface area is 161 Å². The van der Waals surface area contributed by atoms with Gasteiger partial charge in [-0.25, -0.2) is 4.79 Å². The molecule has 0 radical (unpaired) electrons. The maximum atomic E-state index is 12.3. The van der Waals surface area contributed by atoms with E-state index in [9.17, 15) is 14.7 Å². The van der Waals surface area contributed by atoms with Crippen molar-refractivity contribution in [3.8, 4) is 5.75 Å². The zero-order valence-corrected chi connectivity index (χ0v) is 15.9. The summed E-state index contributed by atoms with van der Waals surface area (Å²) in [5.41, 5.74) is 1.26. The van der Waals surface area contributed by atoms with E-state index in [1.165, 1.54) is 6.07 Å². The van der Waals surface area contributed by atoms with Gasteiger partial charge in [0.15, 0.2) is 0 Å². The molecule has 146 valence electrons. The third-order valence-electron chi connectivity index (χ3n) is 3.90. The summed E-state index contributed by atoms with van der Waals surface area (Å²) in [5.74, 6) is -0.0945. The minimum Gasteiger partial charge on any atom is -0.488 e. The van der Waals surface area contributed by atoms with E-state index in [1.807, 2.05) is 6.92 Å². The number of benzene rings is 1. The smallest absolute Gasteiger partial charge is 0.340 e. The zero-order chi connectivity index (χ0) is 20.1. The first kappa shape index (κ1) is 21.0. The molecule has 0 saturated heterocycles. The van der Waals surface area contributed by atoms with Gasteiger partial charge in [0.2, 0.25) is 5.91 Å². The molecule has 2 rings (SSSR count). The number of ether oxygens (including phenoxy) is 1. The molecule has 2 aromatic rings. The molecule has 3 N–H and O–H groups in total. The highest BCUT2D eigenvalue weighted by molar-refractivity contribution is 6.32. The molecule has 1 amide bonds. The number of carbonyl (C=O) groups excluding carboxylic acids is 1. The van der Waals surface area contributed by atoms with Crippen LogP contribution in [0.1, 0.15) is 18.1 Å². The van der Waals surface area contributed by atoms with Gasteiger partial charge in [-0.05, 0) is 31.1 Å². The van der Waals surface area contributed by atoms with Gasteiger partial charge in [0, 0.05) is 18.0 Å². The number of rotatable bonds is 8. The molecule has 0 spiro atoms. The van der Waals surface area contributed by atoms with Crippen LogP contribution in [0.2, 0.25) is 5.02 Å². The molecule has 1 unspecified atom stereocenters. The van der Waals surface area contributed by atoms with Gasteiger partial charge in [-0.1, -0.05) is 18.2 Å². The monoisotopic (exact) mass is 395 g/mol. The van der Waals surface area contributed by atoms with E-state index in [2.05, 4.69) is 11.9 Å². The van der Waals surface area contributed by atoms with Crippen molar-refractivity contribution in [2.24, 2.45) is 0 Å². The first-order valence-corrected chi connectivity index (χ1v) is 8.69. The number of aliphatic hydroxyl groups is 2. The number of hydrogen-bond acceptors (Lipinski definition) is 6. The van der Waals surface area contributed by atoms with Gasteiger partial charge >= 0.3 is 5.63 Å². The topological polar surface area (TPSA) is 109 Å². The number of amides is 1. The largest absolute Gasteiger partial charge is 0.488 e. The van der Waals surface area contributed by atoms with Gasteiger partial charge in [-0.2, -0.15) is 0 Å². The van der Waals surface area contributed by atoms with Crippen molar-refractivity contribution in [1.29, 1.82) is 0 Å². The number of fused-ring (bicyclic) bond motifs is 1. The van der Waals surface area contributed by atoms with E-state index in [0.29, 0.717) is 27.3 Å². The second-order valence-corrected chi connectivity index (χ2v) is 6.74. The molecule has 1 aromatic heterocycles. The molecule has 0 aliphatic heterocycles. The van der Waals surface area contributed by atoms with Crippen molar-refractivity contribution in [1.82, 2.24) is 5.32 Å². The van der Waals surface area contributed by atoms with Crippen LogP contribution in [0.15, 0.2) is 33.5 Å². The fourth-order valence-electron chi connectivity index (χ4n) is 2.42. The van der Waals surface area contributed by atoms with E-state index >= 15 is 0 Å². The Hall–Kier alpha value is -2.35. The molecule has 0 saturated carbocycles. The lowest BCUT2D eigenvalue weighted by atomic mass is 10.0. The van der Waals surface area contributed by atoms with Crippen molar-refractivity contribution in [2.75, 3.05) is 19.8 Å². The normalized spacial score (nSPS) is 12.0. The highest BCUT2D eigenvalue weighted by Gasteiger charge is 2.17. The highest BCUT2D eigenvalue weighted by atomic mass is 35.5. The van der Waals surface area contributed by atoms with Gasteiger partial charge in [-0.3, -0.25) is 4.79 Å². The average Bonchev–Trinajstić information content (AvgIpc) is 2.62. The predicted octanol–water partition coefficient (Wildman–Crippen LogP) is 1.72. The maximum absolute atomic E-state index is 12.3. The molecule has 0 bridgehead atoms. The van der Waals surface area contributed by atoms with E-state index in [4.69, 9.17) is 25.9 Å². The molecule has 1 atom stereocenters. The Kier molecular flexibility index (Phi) is 7.01. The third-order valence-corrected chi connectivity index (χ3v) is 4.19. The zero-order valence-electron chi connectivity index (χ0n) is 15.2. The minimum absolute atomic E-state index is 0.109. The van der Waals surface area contributed by atoms with E-state index in [0.717, 1.165) is 5.57 Å². The first-order valence-electron chi connectivity index (χ1n) is 8.31. The van der Waals surface area contributed by atoms with Gasteiger partial charge in [-0.15, -0.1) is 0 Å². The Morgan fingerprint density at radius 1 is 1.44 bits per heavy atom. The number of hydrogen-bond donors (Lipinski definition) is 3. The molecule has 7 nitrogen and oxygen atoms in total. The number of aliphatic hydroxyl groups excluding tert-OH is 2. The summed E-state index contributed by atoms with van der Waals surface area (Å²) < 4.78 is 10.9. The lowest BCUT2D eigenvalue weighted by Crippen LogP contribution is -2.35. The summed E-state index contributed by atoms with van der Waals surface area (Å²) in [6.07, 6.45) is -1.27. The average molecular weight is 396 g/mol.